The number of H-pyrrole nitrogens is 1. The quantitative estimate of drug-likeness (QED) is 0.795. The summed E-state index contributed by atoms with van der Waals surface area (Å²) in [6.45, 7) is 1.74. The zero-order valence-corrected chi connectivity index (χ0v) is 8.91. The summed E-state index contributed by atoms with van der Waals surface area (Å²) in [6.07, 6.45) is 0. The van der Waals surface area contributed by atoms with Crippen molar-refractivity contribution in [1.29, 1.82) is 0 Å². The molecule has 1 N–H and O–H groups in total. The van der Waals surface area contributed by atoms with Crippen molar-refractivity contribution in [3.63, 3.8) is 0 Å². The number of aromatic amines is 1. The molecule has 0 bridgehead atoms. The van der Waals surface area contributed by atoms with E-state index in [0.29, 0.717) is 5.75 Å². The van der Waals surface area contributed by atoms with Gasteiger partial charge in [0.1, 0.15) is 5.75 Å². The molecular formula is C11H10ClNO2. The zero-order chi connectivity index (χ0) is 10.8. The number of aromatic nitrogens is 1. The number of benzene rings is 1. The molecule has 0 saturated heterocycles. The average Bonchev–Trinajstić information content (AvgIpc) is 2.16. The largest absolute Gasteiger partial charge is 0.475 e. The van der Waals surface area contributed by atoms with Crippen LogP contribution in [-0.2, 0) is 0 Å². The Morgan fingerprint density at radius 2 is 2.07 bits per heavy atom. The summed E-state index contributed by atoms with van der Waals surface area (Å²) in [6, 6.07) is 8.71. The standard InChI is InChI=1S/C11H10ClNO2/c1-7(12)15-9-4-2-8-3-5-11(14)13-10(8)6-9/h2-7H,1H3,(H,13,14). The lowest BCUT2D eigenvalue weighted by Gasteiger charge is -2.08. The average molecular weight is 224 g/mol. The van der Waals surface area contributed by atoms with Crippen molar-refractivity contribution in [2.24, 2.45) is 0 Å². The smallest absolute Gasteiger partial charge is 0.248 e. The van der Waals surface area contributed by atoms with E-state index in [1.54, 1.807) is 19.1 Å². The van der Waals surface area contributed by atoms with Crippen LogP contribution in [0.15, 0.2) is 35.1 Å². The Labute approximate surface area is 91.6 Å². The highest BCUT2D eigenvalue weighted by Crippen LogP contribution is 2.19. The highest BCUT2D eigenvalue weighted by Gasteiger charge is 2.01. The Hall–Kier alpha value is -1.48. The predicted octanol–water partition coefficient (Wildman–Crippen LogP) is 2.49. The van der Waals surface area contributed by atoms with Crippen molar-refractivity contribution in [3.05, 3.63) is 40.7 Å². The molecule has 1 atom stereocenters. The number of hydrogen-bond donors (Lipinski definition) is 1. The molecule has 0 fully saturated rings. The van der Waals surface area contributed by atoms with E-state index >= 15 is 0 Å². The molecule has 1 aromatic carbocycles. The molecule has 1 aromatic heterocycles. The molecule has 2 aromatic rings. The Morgan fingerprint density at radius 1 is 1.33 bits per heavy atom. The molecular weight excluding hydrogens is 214 g/mol. The molecule has 0 aliphatic heterocycles. The van der Waals surface area contributed by atoms with Gasteiger partial charge in [-0.2, -0.15) is 0 Å². The summed E-state index contributed by atoms with van der Waals surface area (Å²) in [5.74, 6) is 0.645. The summed E-state index contributed by atoms with van der Waals surface area (Å²) in [5.41, 5.74) is 0.230. The summed E-state index contributed by atoms with van der Waals surface area (Å²) < 4.78 is 5.31. The second-order valence-electron chi connectivity index (χ2n) is 3.23. The Bertz CT molecular complexity index is 533. The van der Waals surface area contributed by atoms with Gasteiger partial charge in [-0.15, -0.1) is 0 Å². The van der Waals surface area contributed by atoms with E-state index in [1.807, 2.05) is 12.1 Å². The van der Waals surface area contributed by atoms with Crippen LogP contribution in [0.5, 0.6) is 5.75 Å². The molecule has 0 radical (unpaired) electrons. The molecule has 4 heteroatoms. The van der Waals surface area contributed by atoms with Gasteiger partial charge in [0.15, 0.2) is 5.56 Å². The van der Waals surface area contributed by atoms with Gasteiger partial charge in [-0.25, -0.2) is 0 Å². The van der Waals surface area contributed by atoms with Crippen LogP contribution in [-0.4, -0.2) is 10.5 Å². The summed E-state index contributed by atoms with van der Waals surface area (Å²) >= 11 is 5.70. The number of alkyl halides is 1. The SMILES string of the molecule is CC(Cl)Oc1ccc2ccc(=O)[nH]c2c1. The molecule has 15 heavy (non-hydrogen) atoms. The molecule has 0 aliphatic rings. The van der Waals surface area contributed by atoms with Crippen LogP contribution < -0.4 is 10.3 Å². The molecule has 2 rings (SSSR count). The second-order valence-corrected chi connectivity index (χ2v) is 3.85. The first-order valence-electron chi connectivity index (χ1n) is 4.59. The third kappa shape index (κ3) is 2.30. The normalized spacial score (nSPS) is 12.7. The minimum Gasteiger partial charge on any atom is -0.475 e. The van der Waals surface area contributed by atoms with Crippen molar-refractivity contribution in [1.82, 2.24) is 4.98 Å². The van der Waals surface area contributed by atoms with E-state index in [9.17, 15) is 4.79 Å². The van der Waals surface area contributed by atoms with Gasteiger partial charge in [-0.3, -0.25) is 4.79 Å². The molecule has 1 unspecified atom stereocenters. The predicted molar refractivity (Wildman–Crippen MR) is 60.5 cm³/mol. The molecule has 0 spiro atoms. The number of ether oxygens (including phenoxy) is 1. The topological polar surface area (TPSA) is 42.1 Å². The maximum atomic E-state index is 11.1. The van der Waals surface area contributed by atoms with Gasteiger partial charge in [-0.1, -0.05) is 11.6 Å². The van der Waals surface area contributed by atoms with Gasteiger partial charge in [-0.05, 0) is 30.5 Å². The maximum absolute atomic E-state index is 11.1. The lowest BCUT2D eigenvalue weighted by molar-refractivity contribution is 0.301. The van der Waals surface area contributed by atoms with Gasteiger partial charge in [0.2, 0.25) is 5.56 Å². The van der Waals surface area contributed by atoms with Crippen LogP contribution in [0.2, 0.25) is 0 Å². The molecule has 78 valence electrons. The first kappa shape index (κ1) is 10.1. The van der Waals surface area contributed by atoms with Crippen molar-refractivity contribution >= 4 is 22.5 Å². The number of hydrogen-bond acceptors (Lipinski definition) is 2. The number of fused-ring (bicyclic) bond motifs is 1. The second kappa shape index (κ2) is 3.95. The lowest BCUT2D eigenvalue weighted by Crippen LogP contribution is -2.04. The first-order chi connectivity index (χ1) is 7.15. The lowest BCUT2D eigenvalue weighted by atomic mass is 10.2. The highest BCUT2D eigenvalue weighted by molar-refractivity contribution is 6.19. The van der Waals surface area contributed by atoms with Gasteiger partial charge < -0.3 is 9.72 Å². The number of pyridine rings is 1. The highest BCUT2D eigenvalue weighted by atomic mass is 35.5. The van der Waals surface area contributed by atoms with Crippen LogP contribution in [0.25, 0.3) is 10.9 Å². The zero-order valence-electron chi connectivity index (χ0n) is 8.16. The molecule has 1 heterocycles. The Kier molecular flexibility index (Phi) is 2.64. The van der Waals surface area contributed by atoms with Crippen molar-refractivity contribution in [2.75, 3.05) is 0 Å². The van der Waals surface area contributed by atoms with Gasteiger partial charge in [0.05, 0.1) is 5.52 Å². The Morgan fingerprint density at radius 3 is 2.80 bits per heavy atom. The molecule has 3 nitrogen and oxygen atoms in total. The summed E-state index contributed by atoms with van der Waals surface area (Å²) in [4.78, 5) is 13.8. The third-order valence-electron chi connectivity index (χ3n) is 2.00. The van der Waals surface area contributed by atoms with E-state index in [-0.39, 0.29) is 5.56 Å². The Balaban J connectivity index is 2.49. The maximum Gasteiger partial charge on any atom is 0.248 e. The molecule has 0 aliphatic carbocycles. The van der Waals surface area contributed by atoms with Crippen LogP contribution in [0.4, 0.5) is 0 Å². The monoisotopic (exact) mass is 223 g/mol. The van der Waals surface area contributed by atoms with E-state index in [1.165, 1.54) is 6.07 Å². The molecule has 0 saturated carbocycles. The van der Waals surface area contributed by atoms with Crippen molar-refractivity contribution in [2.45, 2.75) is 12.5 Å². The molecule has 0 amide bonds. The minimum absolute atomic E-state index is 0.126. The minimum atomic E-state index is -0.391. The number of halogens is 1. The van der Waals surface area contributed by atoms with Gasteiger partial charge >= 0.3 is 0 Å². The van der Waals surface area contributed by atoms with E-state index < -0.39 is 5.56 Å². The van der Waals surface area contributed by atoms with E-state index in [4.69, 9.17) is 16.3 Å². The fraction of sp³-hybridized carbons (Fsp3) is 0.182. The third-order valence-corrected chi connectivity index (χ3v) is 2.08. The summed E-state index contributed by atoms with van der Waals surface area (Å²) in [7, 11) is 0. The van der Waals surface area contributed by atoms with Crippen LogP contribution in [0, 0.1) is 0 Å². The number of rotatable bonds is 2. The van der Waals surface area contributed by atoms with E-state index in [0.717, 1.165) is 10.9 Å². The van der Waals surface area contributed by atoms with Crippen LogP contribution in [0.3, 0.4) is 0 Å². The number of nitrogens with one attached hydrogen (secondary N) is 1. The van der Waals surface area contributed by atoms with Crippen LogP contribution >= 0.6 is 11.6 Å². The van der Waals surface area contributed by atoms with Crippen molar-refractivity contribution in [3.8, 4) is 5.75 Å². The van der Waals surface area contributed by atoms with Gasteiger partial charge in [0, 0.05) is 12.1 Å². The van der Waals surface area contributed by atoms with E-state index in [2.05, 4.69) is 4.98 Å². The fourth-order valence-corrected chi connectivity index (χ4v) is 1.49. The van der Waals surface area contributed by atoms with Crippen molar-refractivity contribution < 1.29 is 4.74 Å². The van der Waals surface area contributed by atoms with Crippen LogP contribution in [0.1, 0.15) is 6.92 Å². The fourth-order valence-electron chi connectivity index (χ4n) is 1.39. The summed E-state index contributed by atoms with van der Waals surface area (Å²) in [5, 5.41) is 0.962. The van der Waals surface area contributed by atoms with Gasteiger partial charge in [0.25, 0.3) is 0 Å². The first-order valence-corrected chi connectivity index (χ1v) is 5.02.